The van der Waals surface area contributed by atoms with E-state index in [-0.39, 0.29) is 6.04 Å². The van der Waals surface area contributed by atoms with Crippen LogP contribution in [0, 0.1) is 0 Å². The van der Waals surface area contributed by atoms with Crippen LogP contribution in [-0.4, -0.2) is 42.5 Å². The van der Waals surface area contributed by atoms with Crippen molar-refractivity contribution < 1.29 is 14.6 Å². The average Bonchev–Trinajstić information content (AvgIpc) is 3.23. The van der Waals surface area contributed by atoms with E-state index < -0.39 is 6.10 Å². The molecule has 3 aromatic rings. The highest BCUT2D eigenvalue weighted by atomic mass is 35.5. The molecule has 5 nitrogen and oxygen atoms in total. The first-order chi connectivity index (χ1) is 15.1. The Labute approximate surface area is 193 Å². The zero-order valence-corrected chi connectivity index (χ0v) is 19.2. The van der Waals surface area contributed by atoms with Crippen molar-refractivity contribution in [3.63, 3.8) is 0 Å². The predicted octanol–water partition coefficient (Wildman–Crippen LogP) is 4.69. The molecule has 0 spiro atoms. The first-order valence-electron chi connectivity index (χ1n) is 10.5. The molecule has 166 valence electrons. The van der Waals surface area contributed by atoms with Crippen LogP contribution < -0.4 is 10.1 Å². The molecule has 3 rings (SSSR count). The fourth-order valence-corrected chi connectivity index (χ4v) is 3.95. The Bertz CT molecular complexity index is 889. The first-order valence-corrected chi connectivity index (χ1v) is 11.7. The molecule has 2 aromatic carbocycles. The Kier molecular flexibility index (Phi) is 9.78. The molecule has 7 heteroatoms. The van der Waals surface area contributed by atoms with E-state index in [0.717, 1.165) is 18.6 Å². The normalized spacial score (nSPS) is 13.1. The van der Waals surface area contributed by atoms with E-state index in [4.69, 9.17) is 21.1 Å². The van der Waals surface area contributed by atoms with Crippen molar-refractivity contribution in [2.45, 2.75) is 31.9 Å². The summed E-state index contributed by atoms with van der Waals surface area (Å²) in [5.74, 6) is 0.840. The van der Waals surface area contributed by atoms with Gasteiger partial charge in [-0.3, -0.25) is 0 Å². The van der Waals surface area contributed by atoms with Crippen molar-refractivity contribution in [3.05, 3.63) is 81.3 Å². The van der Waals surface area contributed by atoms with Crippen LogP contribution in [0.1, 0.15) is 29.8 Å². The summed E-state index contributed by atoms with van der Waals surface area (Å²) in [6, 6.07) is 18.6. The van der Waals surface area contributed by atoms with Crippen LogP contribution in [-0.2, 0) is 17.6 Å². The Morgan fingerprint density at radius 2 is 1.81 bits per heavy atom. The number of nitrogens with one attached hydrogen (secondary N) is 1. The molecule has 2 unspecified atom stereocenters. The van der Waals surface area contributed by atoms with Gasteiger partial charge in [-0.05, 0) is 43.0 Å². The van der Waals surface area contributed by atoms with Crippen molar-refractivity contribution in [3.8, 4) is 5.75 Å². The molecule has 0 amide bonds. The minimum atomic E-state index is -0.656. The Hall–Kier alpha value is -1.96. The van der Waals surface area contributed by atoms with Gasteiger partial charge >= 0.3 is 0 Å². The van der Waals surface area contributed by atoms with Gasteiger partial charge in [-0.1, -0.05) is 54.1 Å². The fraction of sp³-hybridized carbons (Fsp3) is 0.375. The number of rotatable bonds is 13. The standard InChI is InChI=1S/C24H29ClN2O3S/c1-18(26-16-23(28)22-17-31-24(25)27-22)15-20-7-9-21(10-8-20)30-14-13-29-12-11-19-5-3-2-4-6-19/h2-10,17-18,23,26,28H,11-16H2,1H3. The maximum atomic E-state index is 10.2. The first kappa shape index (κ1) is 23.7. The van der Waals surface area contributed by atoms with Crippen molar-refractivity contribution in [1.82, 2.24) is 10.3 Å². The number of aliphatic hydroxyl groups excluding tert-OH is 1. The third-order valence-electron chi connectivity index (χ3n) is 4.83. The number of hydrogen-bond donors (Lipinski definition) is 2. The number of nitrogens with zero attached hydrogens (tertiary/aromatic N) is 1. The van der Waals surface area contributed by atoms with Crippen LogP contribution >= 0.6 is 22.9 Å². The van der Waals surface area contributed by atoms with Crippen molar-refractivity contribution >= 4 is 22.9 Å². The largest absolute Gasteiger partial charge is 0.491 e. The summed E-state index contributed by atoms with van der Waals surface area (Å²) in [4.78, 5) is 4.11. The third kappa shape index (κ3) is 8.59. The maximum absolute atomic E-state index is 10.2. The minimum Gasteiger partial charge on any atom is -0.491 e. The molecule has 0 aliphatic heterocycles. The van der Waals surface area contributed by atoms with Gasteiger partial charge in [0, 0.05) is 18.0 Å². The van der Waals surface area contributed by atoms with Crippen molar-refractivity contribution in [1.29, 1.82) is 0 Å². The van der Waals surface area contributed by atoms with Crippen molar-refractivity contribution in [2.24, 2.45) is 0 Å². The monoisotopic (exact) mass is 460 g/mol. The molecule has 0 bridgehead atoms. The van der Waals surface area contributed by atoms with Crippen LogP contribution in [0.5, 0.6) is 5.75 Å². The van der Waals surface area contributed by atoms with Crippen LogP contribution in [0.3, 0.4) is 0 Å². The zero-order chi connectivity index (χ0) is 21.9. The Morgan fingerprint density at radius 3 is 2.52 bits per heavy atom. The van der Waals surface area contributed by atoms with Crippen LogP contribution in [0.25, 0.3) is 0 Å². The summed E-state index contributed by atoms with van der Waals surface area (Å²) in [5.41, 5.74) is 3.10. The minimum absolute atomic E-state index is 0.216. The number of aliphatic hydroxyl groups is 1. The Balaban J connectivity index is 1.29. The van der Waals surface area contributed by atoms with E-state index in [1.165, 1.54) is 22.5 Å². The second-order valence-corrected chi connectivity index (χ2v) is 8.84. The molecular weight excluding hydrogens is 432 g/mol. The van der Waals surface area contributed by atoms with Gasteiger partial charge in [-0.25, -0.2) is 4.98 Å². The highest BCUT2D eigenvalue weighted by molar-refractivity contribution is 7.13. The highest BCUT2D eigenvalue weighted by Gasteiger charge is 2.13. The van der Waals surface area contributed by atoms with Crippen molar-refractivity contribution in [2.75, 3.05) is 26.4 Å². The summed E-state index contributed by atoms with van der Waals surface area (Å²) in [7, 11) is 0. The molecular formula is C24H29ClN2O3S. The maximum Gasteiger partial charge on any atom is 0.183 e. The molecule has 1 heterocycles. The third-order valence-corrected chi connectivity index (χ3v) is 5.83. The molecule has 0 aliphatic carbocycles. The van der Waals surface area contributed by atoms with E-state index in [2.05, 4.69) is 41.5 Å². The number of halogens is 1. The molecule has 0 radical (unpaired) electrons. The number of thiazole rings is 1. The lowest BCUT2D eigenvalue weighted by atomic mass is 10.1. The number of hydrogen-bond acceptors (Lipinski definition) is 6. The quantitative estimate of drug-likeness (QED) is 0.362. The molecule has 0 aliphatic rings. The SMILES string of the molecule is CC(Cc1ccc(OCCOCCc2ccccc2)cc1)NCC(O)c1csc(Cl)n1. The van der Waals surface area contributed by atoms with Gasteiger partial charge in [0.25, 0.3) is 0 Å². The molecule has 2 N–H and O–H groups in total. The predicted molar refractivity (Wildman–Crippen MR) is 126 cm³/mol. The lowest BCUT2D eigenvalue weighted by Crippen LogP contribution is -2.32. The van der Waals surface area contributed by atoms with Gasteiger partial charge in [0.2, 0.25) is 0 Å². The zero-order valence-electron chi connectivity index (χ0n) is 17.7. The lowest BCUT2D eigenvalue weighted by molar-refractivity contribution is 0.102. The van der Waals surface area contributed by atoms with E-state index in [9.17, 15) is 5.11 Å². The average molecular weight is 461 g/mol. The van der Waals surface area contributed by atoms with Gasteiger partial charge < -0.3 is 19.9 Å². The second kappa shape index (κ2) is 12.8. The topological polar surface area (TPSA) is 63.6 Å². The van der Waals surface area contributed by atoms with Crippen LogP contribution in [0.15, 0.2) is 60.0 Å². The number of aromatic nitrogens is 1. The molecule has 2 atom stereocenters. The van der Waals surface area contributed by atoms with Gasteiger partial charge in [-0.15, -0.1) is 11.3 Å². The number of ether oxygens (including phenoxy) is 2. The van der Waals surface area contributed by atoms with Crippen LogP contribution in [0.2, 0.25) is 4.47 Å². The van der Waals surface area contributed by atoms with E-state index >= 15 is 0 Å². The Morgan fingerprint density at radius 1 is 1.03 bits per heavy atom. The summed E-state index contributed by atoms with van der Waals surface area (Å²) in [5, 5.41) is 15.3. The van der Waals surface area contributed by atoms with Crippen LogP contribution in [0.4, 0.5) is 0 Å². The smallest absolute Gasteiger partial charge is 0.183 e. The second-order valence-electron chi connectivity index (χ2n) is 7.39. The lowest BCUT2D eigenvalue weighted by Gasteiger charge is -2.16. The van der Waals surface area contributed by atoms with Gasteiger partial charge in [-0.2, -0.15) is 0 Å². The fourth-order valence-electron chi connectivity index (χ4n) is 3.14. The molecule has 0 fully saturated rings. The number of benzene rings is 2. The van der Waals surface area contributed by atoms with Gasteiger partial charge in [0.15, 0.2) is 4.47 Å². The summed E-state index contributed by atoms with van der Waals surface area (Å²) in [6.07, 6.45) is 1.11. The molecule has 31 heavy (non-hydrogen) atoms. The molecule has 0 saturated carbocycles. The summed E-state index contributed by atoms with van der Waals surface area (Å²) >= 11 is 7.15. The molecule has 0 saturated heterocycles. The van der Waals surface area contributed by atoms with Gasteiger partial charge in [0.1, 0.15) is 18.5 Å². The molecule has 1 aromatic heterocycles. The summed E-state index contributed by atoms with van der Waals surface area (Å²) in [6.45, 7) is 4.33. The van der Waals surface area contributed by atoms with Gasteiger partial charge in [0.05, 0.1) is 18.9 Å². The highest BCUT2D eigenvalue weighted by Crippen LogP contribution is 2.20. The van der Waals surface area contributed by atoms with E-state index in [1.807, 2.05) is 30.3 Å². The summed E-state index contributed by atoms with van der Waals surface area (Å²) < 4.78 is 11.9. The van der Waals surface area contributed by atoms with E-state index in [0.29, 0.717) is 36.5 Å². The van der Waals surface area contributed by atoms with E-state index in [1.54, 1.807) is 5.38 Å².